The van der Waals surface area contributed by atoms with Crippen LogP contribution in [0, 0.1) is 5.82 Å². The molecule has 5 nitrogen and oxygen atoms in total. The van der Waals surface area contributed by atoms with Gasteiger partial charge in [-0.3, -0.25) is 4.79 Å². The molecule has 1 rings (SSSR count). The number of sulfonamides is 1. The number of carbonyl (C=O) groups is 1. The summed E-state index contributed by atoms with van der Waals surface area (Å²) in [6.07, 6.45) is 0. The molecule has 0 heterocycles. The minimum atomic E-state index is -3.98. The Morgan fingerprint density at radius 1 is 1.50 bits per heavy atom. The van der Waals surface area contributed by atoms with Gasteiger partial charge in [0, 0.05) is 6.54 Å². The molecule has 0 saturated carbocycles. The molecule has 0 aromatic heterocycles. The lowest BCUT2D eigenvalue weighted by molar-refractivity contribution is -0.137. The molecular weight excluding hydrogens is 285 g/mol. The lowest BCUT2D eigenvalue weighted by Gasteiger charge is -2.18. The highest BCUT2D eigenvalue weighted by Crippen LogP contribution is 2.22. The van der Waals surface area contributed by atoms with E-state index >= 15 is 0 Å². The van der Waals surface area contributed by atoms with Crippen molar-refractivity contribution in [2.75, 3.05) is 13.1 Å². The Bertz CT molecular complexity index is 561. The van der Waals surface area contributed by atoms with Crippen molar-refractivity contribution in [1.82, 2.24) is 4.31 Å². The summed E-state index contributed by atoms with van der Waals surface area (Å²) in [5, 5.41) is 8.30. The summed E-state index contributed by atoms with van der Waals surface area (Å²) < 4.78 is 37.8. The number of nitrogens with zero attached hydrogens (tertiary/aromatic N) is 1. The summed E-state index contributed by atoms with van der Waals surface area (Å²) in [5.41, 5.74) is 0. The van der Waals surface area contributed by atoms with Crippen LogP contribution in [0.2, 0.25) is 5.02 Å². The van der Waals surface area contributed by atoms with E-state index in [0.29, 0.717) is 0 Å². The van der Waals surface area contributed by atoms with Crippen molar-refractivity contribution in [2.24, 2.45) is 0 Å². The van der Waals surface area contributed by atoms with Crippen molar-refractivity contribution in [3.8, 4) is 0 Å². The SMILES string of the molecule is CCN(CC(=O)O)S(=O)(=O)c1ccc(F)c(Cl)c1. The maximum atomic E-state index is 12.9. The van der Waals surface area contributed by atoms with Gasteiger partial charge in [0.05, 0.1) is 9.92 Å². The third-order valence-electron chi connectivity index (χ3n) is 2.19. The molecule has 1 N–H and O–H groups in total. The average molecular weight is 296 g/mol. The summed E-state index contributed by atoms with van der Waals surface area (Å²) in [6, 6.07) is 2.92. The highest BCUT2D eigenvalue weighted by Gasteiger charge is 2.25. The fourth-order valence-electron chi connectivity index (χ4n) is 1.30. The lowest BCUT2D eigenvalue weighted by atomic mass is 10.3. The highest BCUT2D eigenvalue weighted by atomic mass is 35.5. The van der Waals surface area contributed by atoms with Gasteiger partial charge in [-0.05, 0) is 18.2 Å². The average Bonchev–Trinajstić information content (AvgIpc) is 2.28. The molecule has 1 aromatic rings. The zero-order valence-corrected chi connectivity index (χ0v) is 11.0. The van der Waals surface area contributed by atoms with Gasteiger partial charge in [0.15, 0.2) is 0 Å². The van der Waals surface area contributed by atoms with E-state index in [2.05, 4.69) is 0 Å². The Labute approximate surface area is 109 Å². The lowest BCUT2D eigenvalue weighted by Crippen LogP contribution is -2.35. The van der Waals surface area contributed by atoms with Crippen LogP contribution in [-0.4, -0.2) is 36.9 Å². The first-order chi connectivity index (χ1) is 8.28. The van der Waals surface area contributed by atoms with Gasteiger partial charge in [0.2, 0.25) is 10.0 Å². The highest BCUT2D eigenvalue weighted by molar-refractivity contribution is 7.89. The van der Waals surface area contributed by atoms with Gasteiger partial charge >= 0.3 is 5.97 Å². The van der Waals surface area contributed by atoms with E-state index in [1.165, 1.54) is 6.92 Å². The van der Waals surface area contributed by atoms with Gasteiger partial charge in [0.25, 0.3) is 0 Å². The first-order valence-electron chi connectivity index (χ1n) is 4.96. The number of benzene rings is 1. The Morgan fingerprint density at radius 2 is 2.11 bits per heavy atom. The van der Waals surface area contributed by atoms with Gasteiger partial charge < -0.3 is 5.11 Å². The number of halogens is 2. The number of hydrogen-bond acceptors (Lipinski definition) is 3. The molecule has 0 aliphatic heterocycles. The van der Waals surface area contributed by atoms with Crippen molar-refractivity contribution in [1.29, 1.82) is 0 Å². The quantitative estimate of drug-likeness (QED) is 0.895. The Hall–Kier alpha value is -1.18. The number of carboxylic acids is 1. The van der Waals surface area contributed by atoms with E-state index < -0.39 is 28.4 Å². The van der Waals surface area contributed by atoms with E-state index in [1.54, 1.807) is 0 Å². The fraction of sp³-hybridized carbons (Fsp3) is 0.300. The molecule has 0 saturated heterocycles. The molecular formula is C10H11ClFNO4S. The van der Waals surface area contributed by atoms with Crippen LogP contribution < -0.4 is 0 Å². The largest absolute Gasteiger partial charge is 0.480 e. The second-order valence-electron chi connectivity index (χ2n) is 3.40. The maximum absolute atomic E-state index is 12.9. The molecule has 1 aromatic carbocycles. The second kappa shape index (κ2) is 5.64. The van der Waals surface area contributed by atoms with Crippen molar-refractivity contribution < 1.29 is 22.7 Å². The molecule has 0 unspecified atom stereocenters. The van der Waals surface area contributed by atoms with Crippen LogP contribution in [0.25, 0.3) is 0 Å². The molecule has 0 aliphatic rings. The van der Waals surface area contributed by atoms with Crippen LogP contribution in [0.5, 0.6) is 0 Å². The van der Waals surface area contributed by atoms with Crippen molar-refractivity contribution in [2.45, 2.75) is 11.8 Å². The number of likely N-dealkylation sites (N-methyl/N-ethyl adjacent to an activating group) is 1. The monoisotopic (exact) mass is 295 g/mol. The Balaban J connectivity index is 3.18. The van der Waals surface area contributed by atoms with Gasteiger partial charge in [0.1, 0.15) is 12.4 Å². The van der Waals surface area contributed by atoms with E-state index in [4.69, 9.17) is 16.7 Å². The number of carboxylic acid groups (broad SMARTS) is 1. The predicted molar refractivity (Wildman–Crippen MR) is 63.5 cm³/mol. The molecule has 18 heavy (non-hydrogen) atoms. The van der Waals surface area contributed by atoms with Crippen molar-refractivity contribution in [3.05, 3.63) is 29.0 Å². The summed E-state index contributed by atoms with van der Waals surface area (Å²) in [6.45, 7) is 0.836. The molecule has 0 amide bonds. The van der Waals surface area contributed by atoms with Crippen molar-refractivity contribution >= 4 is 27.6 Å². The third-order valence-corrected chi connectivity index (χ3v) is 4.40. The standard InChI is InChI=1S/C10H11ClFNO4S/c1-2-13(6-10(14)15)18(16,17)7-3-4-9(12)8(11)5-7/h3-5H,2,6H2,1H3,(H,14,15). The normalized spacial score (nSPS) is 11.8. The Kier molecular flexibility index (Phi) is 4.66. The Morgan fingerprint density at radius 3 is 2.56 bits per heavy atom. The summed E-state index contributed by atoms with van der Waals surface area (Å²) in [5.74, 6) is -2.01. The first-order valence-corrected chi connectivity index (χ1v) is 6.77. The van der Waals surface area contributed by atoms with Gasteiger partial charge in [-0.25, -0.2) is 12.8 Å². The third kappa shape index (κ3) is 3.18. The van der Waals surface area contributed by atoms with Gasteiger partial charge in [-0.1, -0.05) is 18.5 Å². The topological polar surface area (TPSA) is 74.7 Å². The summed E-state index contributed by atoms with van der Waals surface area (Å²) >= 11 is 5.50. The van der Waals surface area contributed by atoms with Crippen molar-refractivity contribution in [3.63, 3.8) is 0 Å². The van der Waals surface area contributed by atoms with Crippen LogP contribution in [0.3, 0.4) is 0 Å². The van der Waals surface area contributed by atoms with Gasteiger partial charge in [-0.2, -0.15) is 4.31 Å². The minimum absolute atomic E-state index is 0.0103. The van der Waals surface area contributed by atoms with Crippen LogP contribution in [0.1, 0.15) is 6.92 Å². The van der Waals surface area contributed by atoms with E-state index in [0.717, 1.165) is 22.5 Å². The molecule has 0 fully saturated rings. The fourth-order valence-corrected chi connectivity index (χ4v) is 2.97. The van der Waals surface area contributed by atoms with E-state index in [9.17, 15) is 17.6 Å². The van der Waals surface area contributed by atoms with E-state index in [1.807, 2.05) is 0 Å². The summed E-state index contributed by atoms with van der Waals surface area (Å²) in [7, 11) is -3.98. The predicted octanol–water partition coefficient (Wildman–Crippen LogP) is 1.57. The smallest absolute Gasteiger partial charge is 0.318 e. The van der Waals surface area contributed by atoms with Crippen LogP contribution in [0.4, 0.5) is 4.39 Å². The molecule has 100 valence electrons. The van der Waals surface area contributed by atoms with Crippen LogP contribution in [0.15, 0.2) is 23.1 Å². The minimum Gasteiger partial charge on any atom is -0.480 e. The molecule has 0 bridgehead atoms. The zero-order valence-electron chi connectivity index (χ0n) is 9.43. The second-order valence-corrected chi connectivity index (χ2v) is 5.75. The number of hydrogen-bond donors (Lipinski definition) is 1. The van der Waals surface area contributed by atoms with E-state index in [-0.39, 0.29) is 16.5 Å². The maximum Gasteiger partial charge on any atom is 0.318 e. The molecule has 0 atom stereocenters. The van der Waals surface area contributed by atoms with Crippen LogP contribution in [-0.2, 0) is 14.8 Å². The molecule has 0 aliphatic carbocycles. The zero-order chi connectivity index (χ0) is 13.9. The molecule has 0 spiro atoms. The molecule has 0 radical (unpaired) electrons. The van der Waals surface area contributed by atoms with Crippen LogP contribution >= 0.6 is 11.6 Å². The summed E-state index contributed by atoms with van der Waals surface area (Å²) in [4.78, 5) is 10.3. The number of aliphatic carboxylic acids is 1. The van der Waals surface area contributed by atoms with Gasteiger partial charge in [-0.15, -0.1) is 0 Å². The molecule has 8 heteroatoms. The number of rotatable bonds is 5. The first kappa shape index (κ1) is 14.9.